The summed E-state index contributed by atoms with van der Waals surface area (Å²) in [6, 6.07) is 10.6. The van der Waals surface area contributed by atoms with Crippen LogP contribution in [0.4, 0.5) is 0 Å². The van der Waals surface area contributed by atoms with Crippen LogP contribution in [0.2, 0.25) is 0 Å². The number of rotatable bonds is 8. The molecule has 2 N–H and O–H groups in total. The molecule has 1 fully saturated rings. The second-order valence-corrected chi connectivity index (χ2v) is 5.08. The van der Waals surface area contributed by atoms with Crippen LogP contribution in [0.1, 0.15) is 18.4 Å². The zero-order valence-electron chi connectivity index (χ0n) is 11.2. The van der Waals surface area contributed by atoms with Gasteiger partial charge in [-0.3, -0.25) is 9.69 Å². The maximum absolute atomic E-state index is 11.8. The molecule has 1 aliphatic carbocycles. The SMILES string of the molecule is O=C(CN(CCO)CCc1ccccc1)NC1CC1. The number of aliphatic hydroxyl groups excluding tert-OH is 1. The van der Waals surface area contributed by atoms with E-state index in [4.69, 9.17) is 5.11 Å². The lowest BCUT2D eigenvalue weighted by Crippen LogP contribution is -2.40. The number of aliphatic hydroxyl groups is 1. The van der Waals surface area contributed by atoms with Gasteiger partial charge in [0.1, 0.15) is 0 Å². The summed E-state index contributed by atoms with van der Waals surface area (Å²) >= 11 is 0. The summed E-state index contributed by atoms with van der Waals surface area (Å²) in [5.41, 5.74) is 1.26. The minimum Gasteiger partial charge on any atom is -0.395 e. The standard InChI is InChI=1S/C15H22N2O2/c18-11-10-17(12-15(19)16-14-6-7-14)9-8-13-4-2-1-3-5-13/h1-5,14,18H,6-12H2,(H,16,19). The summed E-state index contributed by atoms with van der Waals surface area (Å²) < 4.78 is 0. The van der Waals surface area contributed by atoms with Crippen molar-refractivity contribution >= 4 is 5.91 Å². The van der Waals surface area contributed by atoms with Crippen LogP contribution >= 0.6 is 0 Å². The highest BCUT2D eigenvalue weighted by molar-refractivity contribution is 5.78. The summed E-state index contributed by atoms with van der Waals surface area (Å²) in [6.07, 6.45) is 3.11. The summed E-state index contributed by atoms with van der Waals surface area (Å²) in [4.78, 5) is 13.8. The lowest BCUT2D eigenvalue weighted by Gasteiger charge is -2.20. The molecule has 0 aliphatic heterocycles. The fraction of sp³-hybridized carbons (Fsp3) is 0.533. The molecule has 1 aliphatic rings. The van der Waals surface area contributed by atoms with Crippen LogP contribution in [0, 0.1) is 0 Å². The molecule has 0 unspecified atom stereocenters. The highest BCUT2D eigenvalue weighted by atomic mass is 16.3. The molecule has 1 aromatic rings. The summed E-state index contributed by atoms with van der Waals surface area (Å²) in [6.45, 7) is 1.81. The number of nitrogens with zero attached hydrogens (tertiary/aromatic N) is 1. The van der Waals surface area contributed by atoms with E-state index >= 15 is 0 Å². The van der Waals surface area contributed by atoms with Gasteiger partial charge in [0.25, 0.3) is 0 Å². The average Bonchev–Trinajstić information content (AvgIpc) is 3.21. The predicted molar refractivity (Wildman–Crippen MR) is 74.8 cm³/mol. The number of amides is 1. The van der Waals surface area contributed by atoms with Crippen LogP contribution in [-0.2, 0) is 11.2 Å². The van der Waals surface area contributed by atoms with Crippen LogP contribution in [0.15, 0.2) is 30.3 Å². The molecule has 1 aromatic carbocycles. The average molecular weight is 262 g/mol. The Kier molecular flexibility index (Phi) is 5.36. The van der Waals surface area contributed by atoms with Gasteiger partial charge in [-0.15, -0.1) is 0 Å². The maximum Gasteiger partial charge on any atom is 0.234 e. The van der Waals surface area contributed by atoms with Gasteiger partial charge in [-0.05, 0) is 24.8 Å². The highest BCUT2D eigenvalue weighted by Gasteiger charge is 2.23. The lowest BCUT2D eigenvalue weighted by molar-refractivity contribution is -0.122. The Morgan fingerprint density at radius 2 is 2.00 bits per heavy atom. The molecule has 19 heavy (non-hydrogen) atoms. The second-order valence-electron chi connectivity index (χ2n) is 5.08. The largest absolute Gasteiger partial charge is 0.395 e. The van der Waals surface area contributed by atoms with Gasteiger partial charge in [0.2, 0.25) is 5.91 Å². The Morgan fingerprint density at radius 3 is 2.63 bits per heavy atom. The van der Waals surface area contributed by atoms with Gasteiger partial charge >= 0.3 is 0 Å². The Hall–Kier alpha value is -1.39. The van der Waals surface area contributed by atoms with Crippen LogP contribution in [-0.4, -0.2) is 48.2 Å². The fourth-order valence-corrected chi connectivity index (χ4v) is 2.05. The number of carbonyl (C=O) groups is 1. The molecule has 0 radical (unpaired) electrons. The molecule has 1 amide bonds. The first-order valence-electron chi connectivity index (χ1n) is 6.94. The van der Waals surface area contributed by atoms with Crippen LogP contribution in [0.25, 0.3) is 0 Å². The summed E-state index contributed by atoms with van der Waals surface area (Å²) in [5.74, 6) is 0.0732. The second kappa shape index (κ2) is 7.26. The quantitative estimate of drug-likeness (QED) is 0.728. The van der Waals surface area contributed by atoms with Gasteiger partial charge in [0.15, 0.2) is 0 Å². The summed E-state index contributed by atoms with van der Waals surface area (Å²) in [7, 11) is 0. The van der Waals surface area contributed by atoms with Crippen molar-refractivity contribution in [2.75, 3.05) is 26.2 Å². The first kappa shape index (κ1) is 14.0. The zero-order valence-corrected chi connectivity index (χ0v) is 11.2. The van der Waals surface area contributed by atoms with Crippen molar-refractivity contribution < 1.29 is 9.90 Å². The van der Waals surface area contributed by atoms with E-state index in [0.29, 0.717) is 19.1 Å². The Morgan fingerprint density at radius 1 is 1.26 bits per heavy atom. The van der Waals surface area contributed by atoms with Gasteiger partial charge in [-0.1, -0.05) is 30.3 Å². The molecule has 4 heteroatoms. The van der Waals surface area contributed by atoms with E-state index < -0.39 is 0 Å². The van der Waals surface area contributed by atoms with Crippen LogP contribution in [0.5, 0.6) is 0 Å². The van der Waals surface area contributed by atoms with Crippen molar-refractivity contribution in [1.29, 1.82) is 0 Å². The predicted octanol–water partition coefficient (Wildman–Crippen LogP) is 0.802. The number of hydrogen-bond acceptors (Lipinski definition) is 3. The van der Waals surface area contributed by atoms with Crippen molar-refractivity contribution in [2.24, 2.45) is 0 Å². The van der Waals surface area contributed by atoms with Gasteiger partial charge in [0.05, 0.1) is 13.2 Å². The molecular weight excluding hydrogens is 240 g/mol. The molecule has 0 spiro atoms. The fourth-order valence-electron chi connectivity index (χ4n) is 2.05. The Labute approximate surface area is 114 Å². The molecule has 0 saturated heterocycles. The first-order chi connectivity index (χ1) is 9.28. The molecule has 0 heterocycles. The smallest absolute Gasteiger partial charge is 0.234 e. The first-order valence-corrected chi connectivity index (χ1v) is 6.94. The van der Waals surface area contributed by atoms with Crippen molar-refractivity contribution in [1.82, 2.24) is 10.2 Å². The number of carbonyl (C=O) groups excluding carboxylic acids is 1. The topological polar surface area (TPSA) is 52.6 Å². The van der Waals surface area contributed by atoms with E-state index in [2.05, 4.69) is 17.4 Å². The van der Waals surface area contributed by atoms with Gasteiger partial charge in [0, 0.05) is 19.1 Å². The van der Waals surface area contributed by atoms with Crippen LogP contribution in [0.3, 0.4) is 0 Å². The number of hydrogen-bond donors (Lipinski definition) is 2. The Balaban J connectivity index is 1.76. The van der Waals surface area contributed by atoms with Crippen molar-refractivity contribution in [3.05, 3.63) is 35.9 Å². The Bertz CT molecular complexity index is 390. The molecule has 0 atom stereocenters. The van der Waals surface area contributed by atoms with Gasteiger partial charge < -0.3 is 10.4 Å². The lowest BCUT2D eigenvalue weighted by atomic mass is 10.1. The molecule has 2 rings (SSSR count). The zero-order chi connectivity index (χ0) is 13.5. The minimum atomic E-state index is 0.0732. The van der Waals surface area contributed by atoms with E-state index in [1.165, 1.54) is 5.56 Å². The third-order valence-corrected chi connectivity index (χ3v) is 3.29. The number of benzene rings is 1. The van der Waals surface area contributed by atoms with Gasteiger partial charge in [-0.2, -0.15) is 0 Å². The molecule has 0 bridgehead atoms. The van der Waals surface area contributed by atoms with Crippen LogP contribution < -0.4 is 5.32 Å². The monoisotopic (exact) mass is 262 g/mol. The van der Waals surface area contributed by atoms with E-state index in [9.17, 15) is 4.79 Å². The molecular formula is C15H22N2O2. The molecule has 1 saturated carbocycles. The van der Waals surface area contributed by atoms with E-state index in [1.54, 1.807) is 0 Å². The van der Waals surface area contributed by atoms with Crippen molar-refractivity contribution in [3.8, 4) is 0 Å². The normalized spacial score (nSPS) is 14.6. The number of nitrogens with one attached hydrogen (secondary N) is 1. The third kappa shape index (κ3) is 5.41. The molecule has 0 aromatic heterocycles. The van der Waals surface area contributed by atoms with Gasteiger partial charge in [-0.25, -0.2) is 0 Å². The van der Waals surface area contributed by atoms with E-state index in [-0.39, 0.29) is 12.5 Å². The van der Waals surface area contributed by atoms with Crippen molar-refractivity contribution in [3.63, 3.8) is 0 Å². The van der Waals surface area contributed by atoms with Crippen molar-refractivity contribution in [2.45, 2.75) is 25.3 Å². The maximum atomic E-state index is 11.8. The highest BCUT2D eigenvalue weighted by Crippen LogP contribution is 2.18. The van der Waals surface area contributed by atoms with E-state index in [0.717, 1.165) is 25.8 Å². The minimum absolute atomic E-state index is 0.0732. The molecule has 104 valence electrons. The summed E-state index contributed by atoms with van der Waals surface area (Å²) in [5, 5.41) is 12.0. The third-order valence-electron chi connectivity index (χ3n) is 3.29. The van der Waals surface area contributed by atoms with E-state index in [1.807, 2.05) is 23.1 Å². The molecule has 4 nitrogen and oxygen atoms in total.